The summed E-state index contributed by atoms with van der Waals surface area (Å²) in [5.74, 6) is -0.730. The van der Waals surface area contributed by atoms with E-state index in [0.29, 0.717) is 0 Å². The molecule has 3 heteroatoms. The Kier molecular flexibility index (Phi) is 0.982. The fraction of sp³-hybridized carbons (Fsp3) is 0.750. The van der Waals surface area contributed by atoms with Crippen LogP contribution in [0.5, 0.6) is 0 Å². The van der Waals surface area contributed by atoms with Gasteiger partial charge in [0.1, 0.15) is 6.04 Å². The number of rotatable bonds is 1. The summed E-state index contributed by atoms with van der Waals surface area (Å²) in [4.78, 5) is 9.92. The van der Waals surface area contributed by atoms with Crippen molar-refractivity contribution in [3.8, 4) is 0 Å². The standard InChI is InChI=1S/C4H7NO2/c6-4(7)3-1-2-5-3/h3,5H,1-2H2,(H,6,7)/p+1/t3-/m0/s1. The van der Waals surface area contributed by atoms with Crippen LogP contribution in [0, 0.1) is 0 Å². The number of hydrogen-bond donors (Lipinski definition) is 2. The van der Waals surface area contributed by atoms with Crippen LogP contribution in [-0.4, -0.2) is 23.7 Å². The number of carbonyl (C=O) groups is 1. The summed E-state index contributed by atoms with van der Waals surface area (Å²) in [5.41, 5.74) is 0. The molecule has 2 N–H and O–H groups in total. The van der Waals surface area contributed by atoms with E-state index in [0.717, 1.165) is 13.0 Å². The lowest BCUT2D eigenvalue weighted by Gasteiger charge is -2.22. The van der Waals surface area contributed by atoms with E-state index >= 15 is 0 Å². The molecule has 0 aliphatic carbocycles. The molecule has 0 radical (unpaired) electrons. The first-order valence-electron chi connectivity index (χ1n) is 2.27. The Bertz CT molecular complexity index is 92.0. The molecule has 1 aliphatic rings. The second kappa shape index (κ2) is 1.50. The summed E-state index contributed by atoms with van der Waals surface area (Å²) in [6.07, 6.45) is 0.787. The van der Waals surface area contributed by atoms with Gasteiger partial charge in [-0.1, -0.05) is 0 Å². The third-order valence-electron chi connectivity index (χ3n) is 1.12. The average molecular weight is 102 g/mol. The van der Waals surface area contributed by atoms with Gasteiger partial charge in [-0.3, -0.25) is 4.79 Å². The Morgan fingerprint density at radius 1 is 2.00 bits per heavy atom. The van der Waals surface area contributed by atoms with Crippen molar-refractivity contribution in [2.24, 2.45) is 0 Å². The van der Waals surface area contributed by atoms with Gasteiger partial charge in [0.15, 0.2) is 0 Å². The van der Waals surface area contributed by atoms with Crippen LogP contribution in [0.15, 0.2) is 0 Å². The lowest BCUT2D eigenvalue weighted by molar-refractivity contribution is -0.141. The van der Waals surface area contributed by atoms with Crippen molar-refractivity contribution < 1.29 is 11.3 Å². The van der Waals surface area contributed by atoms with Gasteiger partial charge in [-0.15, -0.1) is 0 Å². The van der Waals surface area contributed by atoms with Gasteiger partial charge < -0.3 is 10.4 Å². The topological polar surface area (TPSA) is 49.3 Å². The molecule has 7 heavy (non-hydrogen) atoms. The first kappa shape index (κ1) is 4.59. The van der Waals surface area contributed by atoms with Crippen molar-refractivity contribution in [2.45, 2.75) is 12.5 Å². The zero-order valence-electron chi connectivity index (χ0n) is 4.85. The van der Waals surface area contributed by atoms with Crippen LogP contribution in [0.4, 0.5) is 0 Å². The van der Waals surface area contributed by atoms with Gasteiger partial charge in [0.25, 0.3) is 0 Å². The zero-order chi connectivity index (χ0) is 5.28. The van der Waals surface area contributed by atoms with Crippen molar-refractivity contribution in [3.05, 3.63) is 0 Å². The van der Waals surface area contributed by atoms with Gasteiger partial charge in [-0.25, -0.2) is 0 Å². The third-order valence-corrected chi connectivity index (χ3v) is 1.12. The second-order valence-corrected chi connectivity index (χ2v) is 1.63. The van der Waals surface area contributed by atoms with Crippen LogP contribution in [0.3, 0.4) is 0 Å². The van der Waals surface area contributed by atoms with Crippen molar-refractivity contribution in [1.82, 2.24) is 5.32 Å². The van der Waals surface area contributed by atoms with Crippen molar-refractivity contribution >= 4 is 5.97 Å². The lowest BCUT2D eigenvalue weighted by atomic mass is 10.1. The Morgan fingerprint density at radius 3 is 2.57 bits per heavy atom. The summed E-state index contributed by atoms with van der Waals surface area (Å²) in [6.45, 7) is 0.858. The summed E-state index contributed by atoms with van der Waals surface area (Å²) in [5, 5.41) is 10.9. The van der Waals surface area contributed by atoms with Crippen molar-refractivity contribution in [3.63, 3.8) is 0 Å². The second-order valence-electron chi connectivity index (χ2n) is 1.63. The van der Waals surface area contributed by atoms with Gasteiger partial charge in [-0.05, 0) is 13.0 Å². The van der Waals surface area contributed by atoms with E-state index < -0.39 is 5.97 Å². The maximum absolute atomic E-state index is 9.92. The minimum absolute atomic E-state index is 0. The van der Waals surface area contributed by atoms with Crippen LogP contribution >= 0.6 is 0 Å². The Balaban J connectivity index is 0.000000490. The molecule has 0 spiro atoms. The Labute approximate surface area is 42.8 Å². The van der Waals surface area contributed by atoms with E-state index in [2.05, 4.69) is 5.32 Å². The molecular weight excluding hydrogens is 94.0 g/mol. The fourth-order valence-electron chi connectivity index (χ4n) is 0.499. The fourth-order valence-corrected chi connectivity index (χ4v) is 0.499. The molecule has 0 amide bonds. The van der Waals surface area contributed by atoms with Crippen LogP contribution in [0.2, 0.25) is 0 Å². The molecule has 40 valence electrons. The van der Waals surface area contributed by atoms with Crippen LogP contribution in [-0.2, 0) is 4.79 Å². The SMILES string of the molecule is O=C(O)[C@@H]1CCN1.[H+]. The molecule has 3 nitrogen and oxygen atoms in total. The zero-order valence-corrected chi connectivity index (χ0v) is 3.85. The molecule has 0 saturated carbocycles. The van der Waals surface area contributed by atoms with Gasteiger partial charge in [0, 0.05) is 0 Å². The summed E-state index contributed by atoms with van der Waals surface area (Å²) in [6, 6.07) is -0.250. The third kappa shape index (κ3) is 0.718. The average Bonchev–Trinajstić information content (AvgIpc) is 1.23. The van der Waals surface area contributed by atoms with E-state index in [1.165, 1.54) is 0 Å². The molecule has 0 bridgehead atoms. The predicted octanol–water partition coefficient (Wildman–Crippen LogP) is -0.455. The highest BCUT2D eigenvalue weighted by molar-refractivity contribution is 5.74. The maximum Gasteiger partial charge on any atom is 1.00 e. The van der Waals surface area contributed by atoms with E-state index in [9.17, 15) is 4.79 Å². The molecule has 0 aromatic heterocycles. The monoisotopic (exact) mass is 102 g/mol. The van der Waals surface area contributed by atoms with E-state index in [1.807, 2.05) is 0 Å². The quantitative estimate of drug-likeness (QED) is 0.471. The Morgan fingerprint density at radius 2 is 2.57 bits per heavy atom. The molecular formula is C4H8NO2+. The van der Waals surface area contributed by atoms with E-state index in [-0.39, 0.29) is 7.47 Å². The molecule has 0 unspecified atom stereocenters. The van der Waals surface area contributed by atoms with Gasteiger partial charge in [0.05, 0.1) is 0 Å². The highest BCUT2D eigenvalue weighted by Crippen LogP contribution is 1.99. The largest absolute Gasteiger partial charge is 1.00 e. The van der Waals surface area contributed by atoms with Crippen molar-refractivity contribution in [1.29, 1.82) is 0 Å². The summed E-state index contributed by atoms with van der Waals surface area (Å²) in [7, 11) is 0. The molecule has 1 atom stereocenters. The van der Waals surface area contributed by atoms with E-state index in [4.69, 9.17) is 5.11 Å². The van der Waals surface area contributed by atoms with Crippen LogP contribution in [0.1, 0.15) is 7.85 Å². The van der Waals surface area contributed by atoms with Crippen LogP contribution in [0.25, 0.3) is 0 Å². The number of hydrogen-bond acceptors (Lipinski definition) is 2. The lowest BCUT2D eigenvalue weighted by Crippen LogP contribution is -2.48. The van der Waals surface area contributed by atoms with Gasteiger partial charge in [-0.2, -0.15) is 0 Å². The predicted molar refractivity (Wildman–Crippen MR) is 25.2 cm³/mol. The first-order chi connectivity index (χ1) is 3.30. The molecule has 1 saturated heterocycles. The highest BCUT2D eigenvalue weighted by atomic mass is 16.4. The number of aliphatic carboxylic acids is 1. The summed E-state index contributed by atoms with van der Waals surface area (Å²) < 4.78 is 0. The number of nitrogens with one attached hydrogen (secondary N) is 1. The van der Waals surface area contributed by atoms with E-state index in [1.54, 1.807) is 0 Å². The molecule has 1 rings (SSSR count). The molecule has 1 heterocycles. The highest BCUT2D eigenvalue weighted by Gasteiger charge is 2.22. The molecule has 1 fully saturated rings. The Hall–Kier alpha value is -0.570. The molecule has 0 aromatic carbocycles. The minimum atomic E-state index is -0.730. The van der Waals surface area contributed by atoms with Crippen LogP contribution < -0.4 is 5.32 Å². The normalized spacial score (nSPS) is 28.9. The smallest absolute Gasteiger partial charge is 0.480 e. The minimum Gasteiger partial charge on any atom is -0.480 e. The maximum atomic E-state index is 9.92. The van der Waals surface area contributed by atoms with Gasteiger partial charge >= 0.3 is 7.40 Å². The molecule has 1 aliphatic heterocycles. The first-order valence-corrected chi connectivity index (χ1v) is 2.27. The number of carboxylic acid groups (broad SMARTS) is 1. The van der Waals surface area contributed by atoms with Gasteiger partial charge in [0.2, 0.25) is 0 Å². The van der Waals surface area contributed by atoms with Crippen molar-refractivity contribution in [2.75, 3.05) is 6.54 Å². The number of carboxylic acids is 1. The molecule has 0 aromatic rings. The summed E-state index contributed by atoms with van der Waals surface area (Å²) >= 11 is 0.